The summed E-state index contributed by atoms with van der Waals surface area (Å²) < 4.78 is 5.40. The third kappa shape index (κ3) is 3.87. The maximum Gasteiger partial charge on any atom is 0.254 e. The van der Waals surface area contributed by atoms with E-state index in [-0.39, 0.29) is 25.7 Å². The number of benzene rings is 1. The van der Waals surface area contributed by atoms with E-state index in [1.54, 1.807) is 13.8 Å². The van der Waals surface area contributed by atoms with Gasteiger partial charge in [0.25, 0.3) is 5.91 Å². The highest BCUT2D eigenvalue weighted by molar-refractivity contribution is 6.50. The molecule has 1 saturated heterocycles. The maximum absolute atomic E-state index is 12.6. The van der Waals surface area contributed by atoms with E-state index >= 15 is 0 Å². The molecule has 2 unspecified atom stereocenters. The van der Waals surface area contributed by atoms with Gasteiger partial charge in [-0.2, -0.15) is 0 Å². The summed E-state index contributed by atoms with van der Waals surface area (Å²) in [4.78, 5) is 12.6. The van der Waals surface area contributed by atoms with Gasteiger partial charge in [-0.05, 0) is 19.4 Å². The Balaban J connectivity index is 2.32. The number of hydrogen-bond donors (Lipinski definition) is 4. The zero-order valence-electron chi connectivity index (χ0n) is 13.3. The number of carbonyl (C=O) groups is 1. The van der Waals surface area contributed by atoms with Crippen LogP contribution < -0.4 is 5.32 Å². The Labute approximate surface area is 164 Å². The van der Waals surface area contributed by atoms with Crippen LogP contribution >= 0.6 is 46.4 Å². The fraction of sp³-hybridized carbons (Fsp3) is 0.533. The van der Waals surface area contributed by atoms with Crippen molar-refractivity contribution in [1.82, 2.24) is 5.32 Å². The van der Waals surface area contributed by atoms with E-state index in [0.717, 1.165) is 0 Å². The summed E-state index contributed by atoms with van der Waals surface area (Å²) in [5, 5.41) is 31.9. The third-order valence-electron chi connectivity index (χ3n) is 4.18. The van der Waals surface area contributed by atoms with Crippen molar-refractivity contribution >= 4 is 52.3 Å². The van der Waals surface area contributed by atoms with Crippen LogP contribution in [-0.2, 0) is 4.74 Å². The van der Waals surface area contributed by atoms with Gasteiger partial charge in [-0.3, -0.25) is 4.79 Å². The fourth-order valence-electron chi connectivity index (χ4n) is 2.67. The van der Waals surface area contributed by atoms with Crippen molar-refractivity contribution in [3.63, 3.8) is 0 Å². The van der Waals surface area contributed by atoms with Gasteiger partial charge in [-0.25, -0.2) is 0 Å². The fourth-order valence-corrected chi connectivity index (χ4v) is 3.79. The number of nitrogens with one attached hydrogen (secondary N) is 1. The number of halogens is 4. The monoisotopic (exact) mass is 431 g/mol. The van der Waals surface area contributed by atoms with Gasteiger partial charge in [-0.1, -0.05) is 46.4 Å². The molecule has 1 heterocycles. The molecule has 1 aromatic carbocycles. The predicted molar refractivity (Wildman–Crippen MR) is 95.9 cm³/mol. The molecule has 0 aliphatic carbocycles. The second kappa shape index (κ2) is 8.15. The molecule has 140 valence electrons. The highest BCUT2D eigenvalue weighted by Gasteiger charge is 2.43. The Morgan fingerprint density at radius 3 is 2.08 bits per heavy atom. The number of amides is 1. The molecule has 2 rings (SSSR count). The molecule has 1 fully saturated rings. The Morgan fingerprint density at radius 2 is 1.60 bits per heavy atom. The Hall–Kier alpha value is -0.310. The molecule has 0 saturated carbocycles. The highest BCUT2D eigenvalue weighted by atomic mass is 35.5. The molecule has 10 heteroatoms. The highest BCUT2D eigenvalue weighted by Crippen LogP contribution is 2.40. The second-order valence-corrected chi connectivity index (χ2v) is 7.31. The lowest BCUT2D eigenvalue weighted by atomic mass is 9.93. The number of carbonyl (C=O) groups excluding carboxylic acids is 1. The first-order valence-electron chi connectivity index (χ1n) is 7.37. The zero-order valence-corrected chi connectivity index (χ0v) is 16.3. The molecular weight excluding hydrogens is 416 g/mol. The largest absolute Gasteiger partial charge is 0.394 e. The van der Waals surface area contributed by atoms with Gasteiger partial charge >= 0.3 is 0 Å². The zero-order chi connectivity index (χ0) is 19.0. The molecule has 6 nitrogen and oxygen atoms in total. The molecule has 25 heavy (non-hydrogen) atoms. The first-order chi connectivity index (χ1) is 11.6. The van der Waals surface area contributed by atoms with E-state index in [4.69, 9.17) is 56.2 Å². The lowest BCUT2D eigenvalue weighted by Gasteiger charge is -2.41. The van der Waals surface area contributed by atoms with Crippen molar-refractivity contribution in [2.75, 3.05) is 6.61 Å². The minimum Gasteiger partial charge on any atom is -0.394 e. The summed E-state index contributed by atoms with van der Waals surface area (Å²) in [7, 11) is 0. The Bertz CT molecular complexity index is 657. The van der Waals surface area contributed by atoms with Gasteiger partial charge in [0, 0.05) is 0 Å². The van der Waals surface area contributed by atoms with Crippen LogP contribution in [-0.4, -0.2) is 58.3 Å². The Morgan fingerprint density at radius 1 is 1.08 bits per heavy atom. The van der Waals surface area contributed by atoms with Gasteiger partial charge in [0.15, 0.2) is 0 Å². The number of ether oxygens (including phenoxy) is 1. The van der Waals surface area contributed by atoms with E-state index < -0.39 is 43.0 Å². The maximum atomic E-state index is 12.6. The van der Waals surface area contributed by atoms with Gasteiger partial charge in [0.1, 0.15) is 18.3 Å². The standard InChI is InChI=1S/C15H17Cl4NO5/c1-4-8(16)10(18)7(11(19)9(4)17)15(24)20-12-5(2)25-6(3-21)13(22)14(12)23/h5-6,12-14,21-23H,3H2,1-2H3,(H,20,24)/t5-,6?,12?,13+,14-/m1/s1. The van der Waals surface area contributed by atoms with E-state index in [1.165, 1.54) is 0 Å². The van der Waals surface area contributed by atoms with Crippen LogP contribution in [0.2, 0.25) is 20.1 Å². The van der Waals surface area contributed by atoms with Crippen molar-refractivity contribution in [1.29, 1.82) is 0 Å². The van der Waals surface area contributed by atoms with Crippen LogP contribution in [0.3, 0.4) is 0 Å². The SMILES string of the molecule is Cc1c(Cl)c(Cl)c(C(=O)NC2[C@@H](O)[C@@H](O)C(CO)O[C@@H]2C)c(Cl)c1Cl. The molecule has 4 N–H and O–H groups in total. The van der Waals surface area contributed by atoms with Crippen LogP contribution in [0, 0.1) is 6.92 Å². The van der Waals surface area contributed by atoms with Crippen molar-refractivity contribution in [3.05, 3.63) is 31.2 Å². The third-order valence-corrected chi connectivity index (χ3v) is 6.08. The van der Waals surface area contributed by atoms with Crippen molar-refractivity contribution < 1.29 is 24.9 Å². The summed E-state index contributed by atoms with van der Waals surface area (Å²) in [5.41, 5.74) is 0.299. The van der Waals surface area contributed by atoms with Crippen molar-refractivity contribution in [3.8, 4) is 0 Å². The molecule has 1 aromatic rings. The summed E-state index contributed by atoms with van der Waals surface area (Å²) >= 11 is 24.4. The molecule has 1 amide bonds. The van der Waals surface area contributed by atoms with Gasteiger partial charge in [0.05, 0.1) is 44.4 Å². The summed E-state index contributed by atoms with van der Waals surface area (Å²) in [6.07, 6.45) is -4.37. The molecule has 1 aliphatic rings. The number of aliphatic hydroxyl groups excluding tert-OH is 3. The predicted octanol–water partition coefficient (Wildman–Crippen LogP) is 2.21. The number of aliphatic hydroxyl groups is 3. The topological polar surface area (TPSA) is 99.0 Å². The van der Waals surface area contributed by atoms with E-state index in [0.29, 0.717) is 5.56 Å². The Kier molecular flexibility index (Phi) is 6.84. The van der Waals surface area contributed by atoms with Crippen LogP contribution in [0.4, 0.5) is 0 Å². The lowest BCUT2D eigenvalue weighted by Crippen LogP contribution is -2.63. The molecule has 0 spiro atoms. The average Bonchev–Trinajstić information content (AvgIpc) is 2.58. The number of rotatable bonds is 3. The van der Waals surface area contributed by atoms with E-state index in [1.807, 2.05) is 0 Å². The first kappa shape index (κ1) is 21.0. The molecule has 0 aromatic heterocycles. The lowest BCUT2D eigenvalue weighted by molar-refractivity contribution is -0.187. The molecule has 5 atom stereocenters. The summed E-state index contributed by atoms with van der Waals surface area (Å²) in [6.45, 7) is 2.72. The summed E-state index contributed by atoms with van der Waals surface area (Å²) in [6, 6.07) is -0.962. The molecule has 1 aliphatic heterocycles. The molecular formula is C15H17Cl4NO5. The van der Waals surface area contributed by atoms with Crippen molar-refractivity contribution in [2.24, 2.45) is 0 Å². The van der Waals surface area contributed by atoms with Gasteiger partial charge < -0.3 is 25.4 Å². The minimum atomic E-state index is -1.37. The summed E-state index contributed by atoms with van der Waals surface area (Å²) in [5.74, 6) is -0.729. The second-order valence-electron chi connectivity index (χ2n) is 5.80. The van der Waals surface area contributed by atoms with Gasteiger partial charge in [0.2, 0.25) is 0 Å². The van der Waals surface area contributed by atoms with Crippen molar-refractivity contribution in [2.45, 2.75) is 44.3 Å². The van der Waals surface area contributed by atoms with E-state index in [9.17, 15) is 15.0 Å². The average molecular weight is 433 g/mol. The number of hydrogen-bond acceptors (Lipinski definition) is 5. The van der Waals surface area contributed by atoms with Crippen LogP contribution in [0.15, 0.2) is 0 Å². The van der Waals surface area contributed by atoms with Gasteiger partial charge in [-0.15, -0.1) is 0 Å². The van der Waals surface area contributed by atoms with E-state index in [2.05, 4.69) is 5.32 Å². The van der Waals surface area contributed by atoms with Crippen LogP contribution in [0.1, 0.15) is 22.8 Å². The molecule has 0 radical (unpaired) electrons. The first-order valence-corrected chi connectivity index (χ1v) is 8.88. The van der Waals surface area contributed by atoms with Crippen LogP contribution in [0.25, 0.3) is 0 Å². The molecule has 0 bridgehead atoms. The quantitative estimate of drug-likeness (QED) is 0.549. The normalized spacial score (nSPS) is 29.6. The van der Waals surface area contributed by atoms with Crippen LogP contribution in [0.5, 0.6) is 0 Å². The minimum absolute atomic E-state index is 0.0706. The smallest absolute Gasteiger partial charge is 0.254 e.